The molecule has 0 bridgehead atoms. The highest BCUT2D eigenvalue weighted by molar-refractivity contribution is 6.06. The topological polar surface area (TPSA) is 63.6 Å². The maximum absolute atomic E-state index is 13.4. The Hall–Kier alpha value is -2.10. The van der Waals surface area contributed by atoms with Gasteiger partial charge in [0.1, 0.15) is 0 Å². The number of hydrogen-bond acceptors (Lipinski definition) is 4. The number of hydrogen-bond donors (Lipinski definition) is 1. The van der Waals surface area contributed by atoms with Crippen molar-refractivity contribution in [1.82, 2.24) is 0 Å². The van der Waals surface area contributed by atoms with E-state index in [1.165, 1.54) is 12.0 Å². The fourth-order valence-electron chi connectivity index (χ4n) is 9.83. The first-order valence-electron chi connectivity index (χ1n) is 14.5. The number of aliphatic hydroxyl groups excluding tert-OH is 1. The zero-order valence-corrected chi connectivity index (χ0v) is 23.8. The molecule has 0 heterocycles. The number of ketones is 1. The van der Waals surface area contributed by atoms with Gasteiger partial charge < -0.3 is 9.84 Å². The molecule has 4 fully saturated rings. The third-order valence-electron chi connectivity index (χ3n) is 12.4. The fourth-order valence-corrected chi connectivity index (χ4v) is 9.83. The first-order valence-corrected chi connectivity index (χ1v) is 14.5. The monoisotopic (exact) mass is 504 g/mol. The molecule has 37 heavy (non-hydrogen) atoms. The van der Waals surface area contributed by atoms with Crippen LogP contribution in [0.1, 0.15) is 93.4 Å². The summed E-state index contributed by atoms with van der Waals surface area (Å²) < 4.78 is 5.86. The molecule has 0 aliphatic heterocycles. The Bertz CT molecular complexity index is 1230. The number of aliphatic hydroxyl groups is 1. The van der Waals surface area contributed by atoms with Gasteiger partial charge in [0.15, 0.2) is 5.76 Å². The SMILES string of the molecule is CC1=C(O)C(=O)C=C2C1=CC=C1[C@@]2(C)CC[C@@]2(C)[C@@H]3C[C@@]4(C(=O)OCC(C)C)CC4C[C@]3(C)CC[C@]12C. The van der Waals surface area contributed by atoms with Crippen molar-refractivity contribution in [3.8, 4) is 0 Å². The molecule has 200 valence electrons. The molecular formula is C33H44O4. The molecule has 0 spiro atoms. The Kier molecular flexibility index (Phi) is 5.11. The highest BCUT2D eigenvalue weighted by Crippen LogP contribution is 2.79. The van der Waals surface area contributed by atoms with Crippen molar-refractivity contribution in [2.45, 2.75) is 93.4 Å². The van der Waals surface area contributed by atoms with E-state index in [9.17, 15) is 14.7 Å². The third kappa shape index (κ3) is 3.08. The molecule has 1 N–H and O–H groups in total. The molecule has 7 atom stereocenters. The molecular weight excluding hydrogens is 460 g/mol. The van der Waals surface area contributed by atoms with Gasteiger partial charge in [-0.25, -0.2) is 0 Å². The summed E-state index contributed by atoms with van der Waals surface area (Å²) in [5, 5.41) is 10.4. The van der Waals surface area contributed by atoms with Gasteiger partial charge in [-0.15, -0.1) is 0 Å². The maximum Gasteiger partial charge on any atom is 0.312 e. The first kappa shape index (κ1) is 25.2. The van der Waals surface area contributed by atoms with Gasteiger partial charge in [-0.1, -0.05) is 59.3 Å². The zero-order valence-electron chi connectivity index (χ0n) is 23.8. The van der Waals surface area contributed by atoms with E-state index in [1.807, 2.05) is 6.92 Å². The smallest absolute Gasteiger partial charge is 0.312 e. The van der Waals surface area contributed by atoms with E-state index < -0.39 is 0 Å². The van der Waals surface area contributed by atoms with Crippen LogP contribution >= 0.6 is 0 Å². The van der Waals surface area contributed by atoms with E-state index in [-0.39, 0.29) is 44.6 Å². The highest BCUT2D eigenvalue weighted by Gasteiger charge is 2.73. The number of allylic oxidation sites excluding steroid dienone is 7. The maximum atomic E-state index is 13.4. The zero-order chi connectivity index (χ0) is 26.8. The average Bonchev–Trinajstić information content (AvgIpc) is 3.56. The van der Waals surface area contributed by atoms with Gasteiger partial charge >= 0.3 is 5.97 Å². The molecule has 0 radical (unpaired) electrons. The second-order valence-electron chi connectivity index (χ2n) is 14.8. The quantitative estimate of drug-likeness (QED) is 0.406. The molecule has 6 aliphatic rings. The van der Waals surface area contributed by atoms with Gasteiger partial charge in [0.2, 0.25) is 5.78 Å². The molecule has 6 aliphatic carbocycles. The summed E-state index contributed by atoms with van der Waals surface area (Å²) in [5.41, 5.74) is 4.07. The van der Waals surface area contributed by atoms with Crippen molar-refractivity contribution in [1.29, 1.82) is 0 Å². The van der Waals surface area contributed by atoms with Crippen molar-refractivity contribution < 1.29 is 19.4 Å². The van der Waals surface area contributed by atoms with E-state index in [2.05, 4.69) is 53.7 Å². The molecule has 6 rings (SSSR count). The Morgan fingerprint density at radius 1 is 1.05 bits per heavy atom. The molecule has 0 amide bonds. The van der Waals surface area contributed by atoms with Gasteiger partial charge in [-0.2, -0.15) is 0 Å². The Balaban J connectivity index is 1.40. The first-order chi connectivity index (χ1) is 17.2. The minimum absolute atomic E-state index is 0.0159. The number of ether oxygens (including phenoxy) is 1. The normalized spacial score (nSPS) is 45.9. The van der Waals surface area contributed by atoms with Crippen LogP contribution in [0, 0.1) is 44.8 Å². The number of rotatable bonds is 3. The lowest BCUT2D eigenvalue weighted by Gasteiger charge is -2.69. The fraction of sp³-hybridized carbons (Fsp3) is 0.697. The summed E-state index contributed by atoms with van der Waals surface area (Å²) in [6.45, 7) is 16.4. The Labute approximate surface area is 222 Å². The van der Waals surface area contributed by atoms with Crippen molar-refractivity contribution in [3.63, 3.8) is 0 Å². The number of esters is 1. The van der Waals surface area contributed by atoms with Crippen molar-refractivity contribution in [2.24, 2.45) is 44.8 Å². The summed E-state index contributed by atoms with van der Waals surface area (Å²) >= 11 is 0. The highest BCUT2D eigenvalue weighted by atomic mass is 16.5. The molecule has 1 unspecified atom stereocenters. The van der Waals surface area contributed by atoms with Crippen LogP contribution in [0.4, 0.5) is 0 Å². The average molecular weight is 505 g/mol. The number of carbonyl (C=O) groups is 2. The molecule has 4 saturated carbocycles. The van der Waals surface area contributed by atoms with Gasteiger partial charge in [0.05, 0.1) is 12.0 Å². The lowest BCUT2D eigenvalue weighted by Crippen LogP contribution is -2.61. The van der Waals surface area contributed by atoms with Crippen LogP contribution in [-0.2, 0) is 14.3 Å². The van der Waals surface area contributed by atoms with Crippen LogP contribution in [0.15, 0.2) is 46.3 Å². The van der Waals surface area contributed by atoms with Crippen LogP contribution in [0.25, 0.3) is 0 Å². The van der Waals surface area contributed by atoms with Crippen LogP contribution in [-0.4, -0.2) is 23.5 Å². The van der Waals surface area contributed by atoms with Gasteiger partial charge in [0, 0.05) is 11.0 Å². The summed E-state index contributed by atoms with van der Waals surface area (Å²) in [4.78, 5) is 26.1. The van der Waals surface area contributed by atoms with E-state index >= 15 is 0 Å². The molecule has 0 aromatic rings. The van der Waals surface area contributed by atoms with E-state index in [4.69, 9.17) is 4.74 Å². The largest absolute Gasteiger partial charge is 0.504 e. The predicted molar refractivity (Wildman–Crippen MR) is 145 cm³/mol. The van der Waals surface area contributed by atoms with Crippen molar-refractivity contribution in [2.75, 3.05) is 6.61 Å². The van der Waals surface area contributed by atoms with E-state index in [0.717, 1.165) is 49.7 Å². The summed E-state index contributed by atoms with van der Waals surface area (Å²) in [7, 11) is 0. The molecule has 0 aromatic heterocycles. The summed E-state index contributed by atoms with van der Waals surface area (Å²) in [6, 6.07) is 0. The number of fused-ring (bicyclic) bond motifs is 8. The van der Waals surface area contributed by atoms with E-state index in [1.54, 1.807) is 6.08 Å². The van der Waals surface area contributed by atoms with Gasteiger partial charge in [-0.05, 0) is 103 Å². The molecule has 0 saturated heterocycles. The third-order valence-corrected chi connectivity index (χ3v) is 12.4. The van der Waals surface area contributed by atoms with Gasteiger partial charge in [-0.3, -0.25) is 9.59 Å². The van der Waals surface area contributed by atoms with Crippen LogP contribution in [0.2, 0.25) is 0 Å². The van der Waals surface area contributed by atoms with Gasteiger partial charge in [0.25, 0.3) is 0 Å². The standard InChI is InChI=1S/C33H44O4/c1-19(2)18-37-28(36)33-16-21(33)15-29(4)10-12-31(6)25-9-8-22-20(3)27(35)24(34)14-23(22)30(25,5)11-13-32(31,7)26(29)17-33/h8-9,14,19,21,26,35H,10-13,15-18H2,1-7H3/t21?,26-,29+,30+,31-,32+,33+/m1/s1. The number of carbonyl (C=O) groups excluding carboxylic acids is 2. The van der Waals surface area contributed by atoms with Crippen molar-refractivity contribution in [3.05, 3.63) is 46.3 Å². The second-order valence-corrected chi connectivity index (χ2v) is 14.8. The van der Waals surface area contributed by atoms with Crippen LogP contribution < -0.4 is 0 Å². The molecule has 4 nitrogen and oxygen atoms in total. The van der Waals surface area contributed by atoms with Crippen LogP contribution in [0.3, 0.4) is 0 Å². The minimum Gasteiger partial charge on any atom is -0.504 e. The summed E-state index contributed by atoms with van der Waals surface area (Å²) in [5.74, 6) is 0.975. The lowest BCUT2D eigenvalue weighted by atomic mass is 9.35. The second kappa shape index (κ2) is 7.51. The molecule has 4 heteroatoms. The lowest BCUT2D eigenvalue weighted by molar-refractivity contribution is -0.171. The minimum atomic E-state index is -0.271. The van der Waals surface area contributed by atoms with E-state index in [0.29, 0.717) is 29.9 Å². The predicted octanol–water partition coefficient (Wildman–Crippen LogP) is 7.42. The summed E-state index contributed by atoms with van der Waals surface area (Å²) in [6.07, 6.45) is 13.7. The molecule has 0 aromatic carbocycles. The van der Waals surface area contributed by atoms with Crippen LogP contribution in [0.5, 0.6) is 0 Å². The Morgan fingerprint density at radius 3 is 2.49 bits per heavy atom. The van der Waals surface area contributed by atoms with Crippen molar-refractivity contribution >= 4 is 11.8 Å². The Morgan fingerprint density at radius 2 is 1.78 bits per heavy atom.